The second kappa shape index (κ2) is 5.55. The molecule has 1 atom stereocenters. The van der Waals surface area contributed by atoms with Crippen molar-refractivity contribution in [2.24, 2.45) is 5.73 Å². The molecule has 0 aliphatic rings. The Balaban J connectivity index is 2.46. The lowest BCUT2D eigenvalue weighted by atomic mass is 10.1. The minimum absolute atomic E-state index is 0.162. The van der Waals surface area contributed by atoms with Gasteiger partial charge in [0.1, 0.15) is 11.4 Å². The van der Waals surface area contributed by atoms with Crippen molar-refractivity contribution in [2.45, 2.75) is 19.4 Å². The third-order valence-electron chi connectivity index (χ3n) is 2.69. The first-order chi connectivity index (χ1) is 8.76. The number of pyridine rings is 1. The summed E-state index contributed by atoms with van der Waals surface area (Å²) in [6.07, 6.45) is 4.14. The first kappa shape index (κ1) is 12.4. The Morgan fingerprint density at radius 3 is 2.78 bits per heavy atom. The first-order valence-electron chi connectivity index (χ1n) is 5.84. The summed E-state index contributed by atoms with van der Waals surface area (Å²) in [5.74, 6) is 1.18. The molecule has 0 saturated carbocycles. The van der Waals surface area contributed by atoms with Crippen molar-refractivity contribution >= 4 is 0 Å². The lowest BCUT2D eigenvalue weighted by Gasteiger charge is -2.13. The number of methoxy groups -OCH3 is 1. The number of hydrogen-bond donors (Lipinski definition) is 1. The largest absolute Gasteiger partial charge is 0.493 e. The zero-order valence-electron chi connectivity index (χ0n) is 10.5. The van der Waals surface area contributed by atoms with Crippen molar-refractivity contribution in [3.8, 4) is 17.3 Å². The monoisotopic (exact) mass is 244 g/mol. The summed E-state index contributed by atoms with van der Waals surface area (Å²) in [5, 5.41) is 0. The Morgan fingerprint density at radius 1 is 1.33 bits per heavy atom. The van der Waals surface area contributed by atoms with Crippen molar-refractivity contribution in [3.05, 3.63) is 36.3 Å². The lowest BCUT2D eigenvalue weighted by Crippen LogP contribution is -2.13. The fraction of sp³-hybridized carbons (Fsp3) is 0.308. The fourth-order valence-corrected chi connectivity index (χ4v) is 1.62. The van der Waals surface area contributed by atoms with Gasteiger partial charge in [0.05, 0.1) is 19.3 Å². The van der Waals surface area contributed by atoms with Gasteiger partial charge < -0.3 is 10.5 Å². The molecule has 0 aliphatic heterocycles. The maximum absolute atomic E-state index is 6.03. The highest BCUT2D eigenvalue weighted by molar-refractivity contribution is 5.49. The lowest BCUT2D eigenvalue weighted by molar-refractivity contribution is 0.399. The van der Waals surface area contributed by atoms with Crippen LogP contribution in [0.1, 0.15) is 25.1 Å². The van der Waals surface area contributed by atoms with Crippen LogP contribution >= 0.6 is 0 Å². The highest BCUT2D eigenvalue weighted by Gasteiger charge is 2.15. The van der Waals surface area contributed by atoms with Gasteiger partial charge in [-0.1, -0.05) is 13.0 Å². The van der Waals surface area contributed by atoms with E-state index in [9.17, 15) is 0 Å². The molecule has 2 aromatic rings. The molecule has 0 amide bonds. The third-order valence-corrected chi connectivity index (χ3v) is 2.69. The molecule has 2 N–H and O–H groups in total. The van der Waals surface area contributed by atoms with Crippen LogP contribution < -0.4 is 10.5 Å². The molecule has 2 rings (SSSR count). The number of nitrogens with zero attached hydrogens (tertiary/aromatic N) is 3. The normalized spacial score (nSPS) is 12.2. The van der Waals surface area contributed by atoms with Gasteiger partial charge in [0.2, 0.25) is 0 Å². The second-order valence-corrected chi connectivity index (χ2v) is 3.88. The summed E-state index contributed by atoms with van der Waals surface area (Å²) >= 11 is 0. The van der Waals surface area contributed by atoms with Crippen molar-refractivity contribution in [2.75, 3.05) is 7.11 Å². The average molecular weight is 244 g/mol. The molecule has 0 radical (unpaired) electrons. The van der Waals surface area contributed by atoms with E-state index in [1.807, 2.05) is 25.1 Å². The van der Waals surface area contributed by atoms with Gasteiger partial charge >= 0.3 is 0 Å². The van der Waals surface area contributed by atoms with Crippen molar-refractivity contribution in [1.82, 2.24) is 15.0 Å². The Labute approximate surface area is 106 Å². The summed E-state index contributed by atoms with van der Waals surface area (Å²) < 4.78 is 5.23. The topological polar surface area (TPSA) is 73.9 Å². The Kier molecular flexibility index (Phi) is 3.84. The van der Waals surface area contributed by atoms with Crippen molar-refractivity contribution < 1.29 is 4.74 Å². The predicted octanol–water partition coefficient (Wildman–Crippen LogP) is 1.96. The molecular formula is C13H16N4O. The Bertz CT molecular complexity index is 516. The summed E-state index contributed by atoms with van der Waals surface area (Å²) in [4.78, 5) is 12.9. The van der Waals surface area contributed by atoms with Crippen LogP contribution in [0.15, 0.2) is 30.6 Å². The Morgan fingerprint density at radius 2 is 2.17 bits per heavy atom. The Hall–Kier alpha value is -2.01. The van der Waals surface area contributed by atoms with Gasteiger partial charge in [-0.15, -0.1) is 0 Å². The molecular weight excluding hydrogens is 228 g/mol. The van der Waals surface area contributed by atoms with Crippen LogP contribution in [-0.4, -0.2) is 22.1 Å². The maximum atomic E-state index is 6.03. The summed E-state index contributed by atoms with van der Waals surface area (Å²) in [6.45, 7) is 2.01. The zero-order chi connectivity index (χ0) is 13.0. The van der Waals surface area contributed by atoms with Crippen LogP contribution in [0.25, 0.3) is 11.5 Å². The van der Waals surface area contributed by atoms with E-state index in [0.29, 0.717) is 11.6 Å². The van der Waals surface area contributed by atoms with Gasteiger partial charge in [-0.2, -0.15) is 0 Å². The van der Waals surface area contributed by atoms with E-state index < -0.39 is 0 Å². The highest BCUT2D eigenvalue weighted by atomic mass is 16.5. The van der Waals surface area contributed by atoms with E-state index in [-0.39, 0.29) is 6.04 Å². The summed E-state index contributed by atoms with van der Waals surface area (Å²) in [7, 11) is 1.59. The van der Waals surface area contributed by atoms with Gasteiger partial charge in [-0.3, -0.25) is 4.98 Å². The molecule has 0 aromatic carbocycles. The van der Waals surface area contributed by atoms with Crippen LogP contribution in [0, 0.1) is 0 Å². The third kappa shape index (κ3) is 2.46. The molecule has 2 heterocycles. The van der Waals surface area contributed by atoms with Gasteiger partial charge in [0.15, 0.2) is 11.6 Å². The van der Waals surface area contributed by atoms with E-state index >= 15 is 0 Å². The smallest absolute Gasteiger partial charge is 0.178 e. The standard InChI is InChI=1S/C13H16N4O/c1-3-9(14)12-11(18-2)8-16-13(17-12)10-6-4-5-7-15-10/h4-9H,3,14H2,1-2H3. The zero-order valence-corrected chi connectivity index (χ0v) is 10.5. The minimum atomic E-state index is -0.162. The number of hydrogen-bond acceptors (Lipinski definition) is 5. The molecule has 0 fully saturated rings. The maximum Gasteiger partial charge on any atom is 0.178 e. The van der Waals surface area contributed by atoms with Gasteiger partial charge in [0.25, 0.3) is 0 Å². The fourth-order valence-electron chi connectivity index (χ4n) is 1.62. The van der Waals surface area contributed by atoms with Crippen LogP contribution in [0.3, 0.4) is 0 Å². The SMILES string of the molecule is CCC(N)c1nc(-c2ccccn2)ncc1OC. The molecule has 0 aliphatic carbocycles. The molecule has 5 nitrogen and oxygen atoms in total. The van der Waals surface area contributed by atoms with Crippen LogP contribution in [0.2, 0.25) is 0 Å². The minimum Gasteiger partial charge on any atom is -0.493 e. The molecule has 0 bridgehead atoms. The predicted molar refractivity (Wildman–Crippen MR) is 69.0 cm³/mol. The summed E-state index contributed by atoms with van der Waals surface area (Å²) in [6, 6.07) is 5.45. The van der Waals surface area contributed by atoms with Gasteiger partial charge in [-0.25, -0.2) is 9.97 Å². The van der Waals surface area contributed by atoms with E-state index in [2.05, 4.69) is 15.0 Å². The van der Waals surface area contributed by atoms with Crippen LogP contribution in [0.4, 0.5) is 0 Å². The molecule has 94 valence electrons. The van der Waals surface area contributed by atoms with E-state index in [1.165, 1.54) is 0 Å². The molecule has 2 aromatic heterocycles. The summed E-state index contributed by atoms with van der Waals surface area (Å²) in [5.41, 5.74) is 7.47. The number of rotatable bonds is 4. The average Bonchev–Trinajstić information content (AvgIpc) is 2.46. The van der Waals surface area contributed by atoms with Crippen LogP contribution in [-0.2, 0) is 0 Å². The molecule has 1 unspecified atom stereocenters. The molecule has 18 heavy (non-hydrogen) atoms. The van der Waals surface area contributed by atoms with Gasteiger partial charge in [-0.05, 0) is 18.6 Å². The molecule has 0 spiro atoms. The number of nitrogens with two attached hydrogens (primary N) is 1. The highest BCUT2D eigenvalue weighted by Crippen LogP contribution is 2.24. The second-order valence-electron chi connectivity index (χ2n) is 3.88. The number of aromatic nitrogens is 3. The van der Waals surface area contributed by atoms with Gasteiger partial charge in [0, 0.05) is 6.20 Å². The van der Waals surface area contributed by atoms with Crippen molar-refractivity contribution in [3.63, 3.8) is 0 Å². The molecule has 0 saturated heterocycles. The van der Waals surface area contributed by atoms with E-state index in [4.69, 9.17) is 10.5 Å². The van der Waals surface area contributed by atoms with Crippen molar-refractivity contribution in [1.29, 1.82) is 0 Å². The molecule has 5 heteroatoms. The van der Waals surface area contributed by atoms with E-state index in [0.717, 1.165) is 17.8 Å². The quantitative estimate of drug-likeness (QED) is 0.889. The number of ether oxygens (including phenoxy) is 1. The first-order valence-corrected chi connectivity index (χ1v) is 5.84. The van der Waals surface area contributed by atoms with Crippen LogP contribution in [0.5, 0.6) is 5.75 Å². The van der Waals surface area contributed by atoms with E-state index in [1.54, 1.807) is 19.5 Å².